The quantitative estimate of drug-likeness (QED) is 0.903. The summed E-state index contributed by atoms with van der Waals surface area (Å²) in [5, 5.41) is 0. The van der Waals surface area contributed by atoms with Crippen LogP contribution in [0.4, 0.5) is 0 Å². The summed E-state index contributed by atoms with van der Waals surface area (Å²) in [5.41, 5.74) is 6.56. The number of rotatable bonds is 4. The predicted molar refractivity (Wildman–Crippen MR) is 75.3 cm³/mol. The summed E-state index contributed by atoms with van der Waals surface area (Å²) in [6.07, 6.45) is 0.999. The van der Waals surface area contributed by atoms with Crippen LogP contribution in [0, 0.1) is 0 Å². The fourth-order valence-corrected chi connectivity index (χ4v) is 2.24. The van der Waals surface area contributed by atoms with Crippen molar-refractivity contribution in [3.63, 3.8) is 0 Å². The molecule has 2 N–H and O–H groups in total. The third kappa shape index (κ3) is 3.07. The van der Waals surface area contributed by atoms with Crippen molar-refractivity contribution in [1.29, 1.82) is 0 Å². The van der Waals surface area contributed by atoms with Crippen LogP contribution in [-0.2, 0) is 0 Å². The van der Waals surface area contributed by atoms with Gasteiger partial charge in [-0.25, -0.2) is 0 Å². The average Bonchev–Trinajstić information content (AvgIpc) is 2.33. The van der Waals surface area contributed by atoms with Gasteiger partial charge in [0.1, 0.15) is 5.75 Å². The van der Waals surface area contributed by atoms with E-state index < -0.39 is 0 Å². The Kier molecular flexibility index (Phi) is 3.80. The molecule has 4 nitrogen and oxygen atoms in total. The Balaban J connectivity index is 2.04. The van der Waals surface area contributed by atoms with Crippen molar-refractivity contribution in [2.45, 2.75) is 38.8 Å². The molecule has 0 aliphatic carbocycles. The second kappa shape index (κ2) is 5.21. The topological polar surface area (TPSA) is 55.6 Å². The van der Waals surface area contributed by atoms with Crippen molar-refractivity contribution < 1.29 is 9.53 Å². The average molecular weight is 262 g/mol. The summed E-state index contributed by atoms with van der Waals surface area (Å²) < 4.78 is 5.60. The van der Waals surface area contributed by atoms with Crippen LogP contribution in [0.5, 0.6) is 5.75 Å². The van der Waals surface area contributed by atoms with Crippen LogP contribution in [0.15, 0.2) is 24.3 Å². The van der Waals surface area contributed by atoms with E-state index in [1.165, 1.54) is 0 Å². The summed E-state index contributed by atoms with van der Waals surface area (Å²) in [6, 6.07) is 7.33. The Morgan fingerprint density at radius 3 is 2.74 bits per heavy atom. The van der Waals surface area contributed by atoms with Crippen molar-refractivity contribution in [2.24, 2.45) is 5.73 Å². The van der Waals surface area contributed by atoms with Crippen LogP contribution in [0.1, 0.15) is 37.6 Å². The van der Waals surface area contributed by atoms with E-state index in [4.69, 9.17) is 10.5 Å². The molecule has 0 atom stereocenters. The molecule has 104 valence electrons. The lowest BCUT2D eigenvalue weighted by molar-refractivity contribution is 0.0401. The maximum Gasteiger partial charge on any atom is 0.254 e. The van der Waals surface area contributed by atoms with E-state index in [-0.39, 0.29) is 17.6 Å². The first-order valence-electron chi connectivity index (χ1n) is 6.78. The number of likely N-dealkylation sites (tertiary alicyclic amines) is 1. The monoisotopic (exact) mass is 262 g/mol. The second-order valence-corrected chi connectivity index (χ2v) is 5.57. The highest BCUT2D eigenvalue weighted by molar-refractivity contribution is 5.95. The summed E-state index contributed by atoms with van der Waals surface area (Å²) >= 11 is 0. The van der Waals surface area contributed by atoms with Crippen LogP contribution >= 0.6 is 0 Å². The standard InChI is InChI=1S/C15H22N2O2/c1-4-15(16)9-17(10-15)14(18)12-6-5-7-13(8-12)19-11(2)3/h5-8,11H,4,9-10,16H2,1-3H3. The minimum atomic E-state index is -0.193. The molecule has 1 heterocycles. The van der Waals surface area contributed by atoms with E-state index in [1.807, 2.05) is 32.0 Å². The molecule has 0 aromatic heterocycles. The molecule has 1 aromatic rings. The third-order valence-corrected chi connectivity index (χ3v) is 3.46. The predicted octanol–water partition coefficient (Wildman–Crippen LogP) is 2.04. The number of carbonyl (C=O) groups excluding carboxylic acids is 1. The van der Waals surface area contributed by atoms with Gasteiger partial charge in [-0.15, -0.1) is 0 Å². The highest BCUT2D eigenvalue weighted by Gasteiger charge is 2.40. The zero-order chi connectivity index (χ0) is 14.0. The molecule has 0 spiro atoms. The first-order valence-corrected chi connectivity index (χ1v) is 6.78. The van der Waals surface area contributed by atoms with E-state index >= 15 is 0 Å². The van der Waals surface area contributed by atoms with Crippen molar-refractivity contribution in [3.05, 3.63) is 29.8 Å². The fourth-order valence-electron chi connectivity index (χ4n) is 2.24. The molecule has 4 heteroatoms. The van der Waals surface area contributed by atoms with Gasteiger partial charge in [0, 0.05) is 18.7 Å². The molecule has 2 rings (SSSR count). The minimum Gasteiger partial charge on any atom is -0.491 e. The van der Waals surface area contributed by atoms with Gasteiger partial charge < -0.3 is 15.4 Å². The van der Waals surface area contributed by atoms with E-state index in [1.54, 1.807) is 11.0 Å². The number of benzene rings is 1. The van der Waals surface area contributed by atoms with Crippen LogP contribution in [0.2, 0.25) is 0 Å². The summed E-state index contributed by atoms with van der Waals surface area (Å²) in [7, 11) is 0. The second-order valence-electron chi connectivity index (χ2n) is 5.57. The largest absolute Gasteiger partial charge is 0.491 e. The van der Waals surface area contributed by atoms with E-state index in [0.717, 1.165) is 12.2 Å². The minimum absolute atomic E-state index is 0.0312. The normalized spacial score (nSPS) is 17.2. The molecular formula is C15H22N2O2. The lowest BCUT2D eigenvalue weighted by atomic mass is 9.88. The molecule has 19 heavy (non-hydrogen) atoms. The first-order chi connectivity index (χ1) is 8.93. The van der Waals surface area contributed by atoms with Gasteiger partial charge in [0.15, 0.2) is 0 Å². The van der Waals surface area contributed by atoms with Gasteiger partial charge in [-0.05, 0) is 38.5 Å². The molecular weight excluding hydrogens is 240 g/mol. The number of hydrogen-bond acceptors (Lipinski definition) is 3. The molecule has 0 radical (unpaired) electrons. The Bertz CT molecular complexity index is 465. The zero-order valence-corrected chi connectivity index (χ0v) is 11.8. The van der Waals surface area contributed by atoms with Gasteiger partial charge in [-0.1, -0.05) is 13.0 Å². The third-order valence-electron chi connectivity index (χ3n) is 3.46. The molecule has 0 unspecified atom stereocenters. The lowest BCUT2D eigenvalue weighted by Crippen LogP contribution is -2.68. The Morgan fingerprint density at radius 2 is 2.16 bits per heavy atom. The molecule has 1 saturated heterocycles. The number of ether oxygens (including phenoxy) is 1. The van der Waals surface area contributed by atoms with Gasteiger partial charge >= 0.3 is 0 Å². The smallest absolute Gasteiger partial charge is 0.254 e. The van der Waals surface area contributed by atoms with Gasteiger partial charge in [0.05, 0.1) is 11.6 Å². The molecule has 1 aliphatic rings. The van der Waals surface area contributed by atoms with Crippen LogP contribution in [-0.4, -0.2) is 35.5 Å². The van der Waals surface area contributed by atoms with Crippen LogP contribution in [0.25, 0.3) is 0 Å². The maximum absolute atomic E-state index is 12.3. The SMILES string of the molecule is CCC1(N)CN(C(=O)c2cccc(OC(C)C)c2)C1. The van der Waals surface area contributed by atoms with Crippen molar-refractivity contribution in [2.75, 3.05) is 13.1 Å². The summed E-state index contributed by atoms with van der Waals surface area (Å²) in [5.74, 6) is 0.764. The van der Waals surface area contributed by atoms with E-state index in [2.05, 4.69) is 6.92 Å². The Labute approximate surface area is 114 Å². The lowest BCUT2D eigenvalue weighted by Gasteiger charge is -2.47. The fraction of sp³-hybridized carbons (Fsp3) is 0.533. The van der Waals surface area contributed by atoms with Crippen molar-refractivity contribution in [3.8, 4) is 5.75 Å². The summed E-state index contributed by atoms with van der Waals surface area (Å²) in [6.45, 7) is 7.26. The number of nitrogens with zero attached hydrogens (tertiary/aromatic N) is 1. The Hall–Kier alpha value is -1.55. The molecule has 1 amide bonds. The van der Waals surface area contributed by atoms with E-state index in [9.17, 15) is 4.79 Å². The number of nitrogens with two attached hydrogens (primary N) is 1. The first kappa shape index (κ1) is 13.9. The molecule has 1 aliphatic heterocycles. The van der Waals surface area contributed by atoms with Gasteiger partial charge in [0.2, 0.25) is 0 Å². The molecule has 0 bridgehead atoms. The van der Waals surface area contributed by atoms with Crippen LogP contribution < -0.4 is 10.5 Å². The summed E-state index contributed by atoms with van der Waals surface area (Å²) in [4.78, 5) is 14.1. The zero-order valence-electron chi connectivity index (χ0n) is 11.8. The van der Waals surface area contributed by atoms with Crippen molar-refractivity contribution >= 4 is 5.91 Å². The van der Waals surface area contributed by atoms with Gasteiger partial charge in [0.25, 0.3) is 5.91 Å². The van der Waals surface area contributed by atoms with E-state index in [0.29, 0.717) is 18.7 Å². The molecule has 1 fully saturated rings. The maximum atomic E-state index is 12.3. The number of amides is 1. The molecule has 0 saturated carbocycles. The highest BCUT2D eigenvalue weighted by Crippen LogP contribution is 2.24. The molecule has 1 aromatic carbocycles. The van der Waals surface area contributed by atoms with Gasteiger partial charge in [-0.3, -0.25) is 4.79 Å². The van der Waals surface area contributed by atoms with Crippen molar-refractivity contribution in [1.82, 2.24) is 4.90 Å². The number of hydrogen-bond donors (Lipinski definition) is 1. The number of carbonyl (C=O) groups is 1. The van der Waals surface area contributed by atoms with Crippen LogP contribution in [0.3, 0.4) is 0 Å². The highest BCUT2D eigenvalue weighted by atomic mass is 16.5. The van der Waals surface area contributed by atoms with Gasteiger partial charge in [-0.2, -0.15) is 0 Å². The Morgan fingerprint density at radius 1 is 1.47 bits per heavy atom.